The highest BCUT2D eigenvalue weighted by Gasteiger charge is 2.28. The predicted octanol–water partition coefficient (Wildman–Crippen LogP) is 3.10. The Bertz CT molecular complexity index is 710. The maximum Gasteiger partial charge on any atom is 0.410 e. The van der Waals surface area contributed by atoms with E-state index in [9.17, 15) is 13.2 Å². The summed E-state index contributed by atoms with van der Waals surface area (Å²) in [5.41, 5.74) is 1.43. The van der Waals surface area contributed by atoms with Crippen molar-refractivity contribution in [2.45, 2.75) is 45.1 Å². The lowest BCUT2D eigenvalue weighted by Gasteiger charge is -2.34. The smallest absolute Gasteiger partial charge is 0.410 e. The van der Waals surface area contributed by atoms with E-state index in [1.807, 2.05) is 45.0 Å². The van der Waals surface area contributed by atoms with Gasteiger partial charge in [0.05, 0.1) is 5.75 Å². The topological polar surface area (TPSA) is 95.9 Å². The molecule has 0 unspecified atom stereocenters. The molecule has 1 aliphatic rings. The molecule has 1 aromatic rings. The summed E-state index contributed by atoms with van der Waals surface area (Å²) in [4.78, 5) is 14.0. The summed E-state index contributed by atoms with van der Waals surface area (Å²) >= 11 is 0. The van der Waals surface area contributed by atoms with Gasteiger partial charge in [-0.2, -0.15) is 8.42 Å². The summed E-state index contributed by atoms with van der Waals surface area (Å²) in [5, 5.41) is 2.96. The number of benzene rings is 1. The maximum atomic E-state index is 12.3. The van der Waals surface area contributed by atoms with Crippen LogP contribution in [0.2, 0.25) is 0 Å². The lowest BCUT2D eigenvalue weighted by atomic mass is 9.90. The van der Waals surface area contributed by atoms with Crippen LogP contribution < -0.4 is 5.32 Å². The third kappa shape index (κ3) is 6.84. The van der Waals surface area contributed by atoms with Gasteiger partial charge < -0.3 is 15.0 Å². The van der Waals surface area contributed by atoms with Crippen molar-refractivity contribution in [2.24, 2.45) is 0 Å². The van der Waals surface area contributed by atoms with Gasteiger partial charge in [0, 0.05) is 31.2 Å². The minimum Gasteiger partial charge on any atom is -0.444 e. The molecule has 0 radical (unpaired) electrons. The van der Waals surface area contributed by atoms with E-state index in [2.05, 4.69) is 5.32 Å². The molecule has 1 atom stereocenters. The van der Waals surface area contributed by atoms with Crippen LogP contribution in [0.15, 0.2) is 24.3 Å². The zero-order chi connectivity index (χ0) is 19.4. The van der Waals surface area contributed by atoms with Gasteiger partial charge in [0.15, 0.2) is 0 Å². The fourth-order valence-corrected chi connectivity index (χ4v) is 3.30. The Hall–Kier alpha value is -1.80. The number of hydrogen-bond donors (Lipinski definition) is 2. The number of carbonyl (C=O) groups excluding carboxylic acids is 1. The highest BCUT2D eigenvalue weighted by Crippen LogP contribution is 2.28. The summed E-state index contributed by atoms with van der Waals surface area (Å²) in [5.74, 6) is -0.0782. The van der Waals surface area contributed by atoms with Crippen molar-refractivity contribution in [2.75, 3.05) is 30.7 Å². The van der Waals surface area contributed by atoms with Crippen molar-refractivity contribution >= 4 is 21.9 Å². The van der Waals surface area contributed by atoms with Crippen LogP contribution in [0.4, 0.5) is 10.5 Å². The van der Waals surface area contributed by atoms with Crippen LogP contribution in [-0.4, -0.2) is 55.0 Å². The van der Waals surface area contributed by atoms with Gasteiger partial charge in [0.2, 0.25) is 0 Å². The second kappa shape index (κ2) is 8.26. The first-order valence-electron chi connectivity index (χ1n) is 8.80. The number of carbonyl (C=O) groups is 1. The van der Waals surface area contributed by atoms with Crippen LogP contribution in [0.3, 0.4) is 0 Å². The molecular formula is C18H28N2O5S. The fourth-order valence-electron chi connectivity index (χ4n) is 2.94. The van der Waals surface area contributed by atoms with E-state index in [1.165, 1.54) is 0 Å². The van der Waals surface area contributed by atoms with Crippen LogP contribution in [0.25, 0.3) is 0 Å². The molecule has 0 bridgehead atoms. The number of piperidine rings is 1. The molecule has 1 saturated heterocycles. The molecule has 2 N–H and O–H groups in total. The van der Waals surface area contributed by atoms with Gasteiger partial charge in [-0.3, -0.25) is 4.55 Å². The van der Waals surface area contributed by atoms with Gasteiger partial charge in [-0.25, -0.2) is 4.79 Å². The SMILES string of the molecule is CC(C)(C)OC(=O)N1CCC[C@@H](c2ccc(NCCS(=O)(=O)O)cc2)C1. The molecule has 1 fully saturated rings. The van der Waals surface area contributed by atoms with Crippen molar-refractivity contribution in [1.82, 2.24) is 4.90 Å². The standard InChI is InChI=1S/C18H28N2O5S/c1-18(2,3)25-17(21)20-11-4-5-15(13-20)14-6-8-16(9-7-14)19-10-12-26(22,23)24/h6-9,15,19H,4-5,10-13H2,1-3H3,(H,22,23,24)/t15-/m1/s1. The highest BCUT2D eigenvalue weighted by molar-refractivity contribution is 7.85. The van der Waals surface area contributed by atoms with Crippen LogP contribution in [0, 0.1) is 0 Å². The molecule has 26 heavy (non-hydrogen) atoms. The van der Waals surface area contributed by atoms with Crippen molar-refractivity contribution in [3.8, 4) is 0 Å². The van der Waals surface area contributed by atoms with E-state index < -0.39 is 15.7 Å². The summed E-state index contributed by atoms with van der Waals surface area (Å²) in [6.07, 6.45) is 1.67. The third-order valence-corrected chi connectivity index (χ3v) is 4.86. The molecule has 7 nitrogen and oxygen atoms in total. The molecular weight excluding hydrogens is 356 g/mol. The number of nitrogens with one attached hydrogen (secondary N) is 1. The first-order valence-corrected chi connectivity index (χ1v) is 10.4. The number of ether oxygens (including phenoxy) is 1. The molecule has 1 aromatic carbocycles. The van der Waals surface area contributed by atoms with E-state index in [4.69, 9.17) is 9.29 Å². The third-order valence-electron chi connectivity index (χ3n) is 4.14. The molecule has 0 aliphatic carbocycles. The van der Waals surface area contributed by atoms with Crippen molar-refractivity contribution in [3.05, 3.63) is 29.8 Å². The Kier molecular flexibility index (Phi) is 6.52. The van der Waals surface area contributed by atoms with Crippen LogP contribution in [0.1, 0.15) is 45.1 Å². The fraction of sp³-hybridized carbons (Fsp3) is 0.611. The Balaban J connectivity index is 1.92. The molecule has 0 spiro atoms. The Labute approximate surface area is 155 Å². The lowest BCUT2D eigenvalue weighted by molar-refractivity contribution is 0.0198. The lowest BCUT2D eigenvalue weighted by Crippen LogP contribution is -2.42. The van der Waals surface area contributed by atoms with Gasteiger partial charge in [-0.15, -0.1) is 0 Å². The quantitative estimate of drug-likeness (QED) is 0.758. The minimum atomic E-state index is -3.96. The van der Waals surface area contributed by atoms with Crippen LogP contribution >= 0.6 is 0 Å². The second-order valence-electron chi connectivity index (χ2n) is 7.60. The number of hydrogen-bond acceptors (Lipinski definition) is 5. The van der Waals surface area contributed by atoms with Gasteiger partial charge in [0.1, 0.15) is 5.60 Å². The van der Waals surface area contributed by atoms with E-state index in [0.29, 0.717) is 13.1 Å². The summed E-state index contributed by atoms with van der Waals surface area (Å²) in [7, 11) is -3.96. The monoisotopic (exact) mass is 384 g/mol. The molecule has 8 heteroatoms. The van der Waals surface area contributed by atoms with E-state index in [1.54, 1.807) is 4.90 Å². The van der Waals surface area contributed by atoms with Crippen LogP contribution in [-0.2, 0) is 14.9 Å². The van der Waals surface area contributed by atoms with Gasteiger partial charge in [-0.05, 0) is 51.3 Å². The first kappa shape index (κ1) is 20.5. The minimum absolute atomic E-state index is 0.147. The largest absolute Gasteiger partial charge is 0.444 e. The van der Waals surface area contributed by atoms with E-state index in [0.717, 1.165) is 24.1 Å². The Morgan fingerprint density at radius 1 is 1.31 bits per heavy atom. The maximum absolute atomic E-state index is 12.3. The summed E-state index contributed by atoms with van der Waals surface area (Å²) < 4.78 is 35.7. The van der Waals surface area contributed by atoms with E-state index in [-0.39, 0.29) is 24.3 Å². The Morgan fingerprint density at radius 2 is 1.96 bits per heavy atom. The molecule has 1 heterocycles. The highest BCUT2D eigenvalue weighted by atomic mass is 32.2. The van der Waals surface area contributed by atoms with Crippen LogP contribution in [0.5, 0.6) is 0 Å². The zero-order valence-electron chi connectivity index (χ0n) is 15.6. The average molecular weight is 384 g/mol. The average Bonchev–Trinajstić information content (AvgIpc) is 2.53. The zero-order valence-corrected chi connectivity index (χ0v) is 16.4. The summed E-state index contributed by atoms with van der Waals surface area (Å²) in [6.45, 7) is 7.07. The molecule has 0 saturated carbocycles. The van der Waals surface area contributed by atoms with Gasteiger partial charge in [0.25, 0.3) is 10.1 Å². The molecule has 1 amide bonds. The molecule has 146 valence electrons. The van der Waals surface area contributed by atoms with Gasteiger partial charge >= 0.3 is 6.09 Å². The van der Waals surface area contributed by atoms with E-state index >= 15 is 0 Å². The number of likely N-dealkylation sites (tertiary alicyclic amines) is 1. The Morgan fingerprint density at radius 3 is 2.54 bits per heavy atom. The normalized spacial score (nSPS) is 18.5. The molecule has 1 aliphatic heterocycles. The molecule has 2 rings (SSSR count). The summed E-state index contributed by atoms with van der Waals surface area (Å²) in [6, 6.07) is 7.73. The second-order valence-corrected chi connectivity index (χ2v) is 9.17. The van der Waals surface area contributed by atoms with Crippen molar-refractivity contribution in [3.63, 3.8) is 0 Å². The number of nitrogens with zero attached hydrogens (tertiary/aromatic N) is 1. The van der Waals surface area contributed by atoms with Crippen molar-refractivity contribution in [1.29, 1.82) is 0 Å². The van der Waals surface area contributed by atoms with Gasteiger partial charge in [-0.1, -0.05) is 12.1 Å². The number of rotatable bonds is 5. The number of amides is 1. The molecule has 0 aromatic heterocycles. The predicted molar refractivity (Wildman–Crippen MR) is 101 cm³/mol. The number of anilines is 1. The first-order chi connectivity index (χ1) is 12.0. The van der Waals surface area contributed by atoms with Crippen molar-refractivity contribution < 1.29 is 22.5 Å².